The second-order valence-corrected chi connectivity index (χ2v) is 7.58. The molecular weight excluding hydrogens is 286 g/mol. The fourth-order valence-corrected chi connectivity index (χ4v) is 3.21. The SMILES string of the molecule is CCNCc1cc(S(=O)(=O)NCC(C)CC)cn1C(C)C. The summed E-state index contributed by atoms with van der Waals surface area (Å²) in [6.45, 7) is 12.3. The average Bonchev–Trinajstić information content (AvgIpc) is 2.87. The molecule has 6 heteroatoms. The topological polar surface area (TPSA) is 63.1 Å². The lowest BCUT2D eigenvalue weighted by Crippen LogP contribution is -2.28. The zero-order valence-electron chi connectivity index (χ0n) is 13.8. The first-order valence-electron chi connectivity index (χ1n) is 7.72. The molecule has 0 bridgehead atoms. The summed E-state index contributed by atoms with van der Waals surface area (Å²) in [6.07, 6.45) is 2.69. The van der Waals surface area contributed by atoms with Crippen LogP contribution in [0.4, 0.5) is 0 Å². The number of sulfonamides is 1. The van der Waals surface area contributed by atoms with Crippen LogP contribution in [-0.2, 0) is 16.6 Å². The summed E-state index contributed by atoms with van der Waals surface area (Å²) in [5.41, 5.74) is 0.996. The molecule has 1 rings (SSSR count). The molecule has 2 N–H and O–H groups in total. The second-order valence-electron chi connectivity index (χ2n) is 5.81. The molecule has 0 aliphatic heterocycles. The molecule has 1 unspecified atom stereocenters. The van der Waals surface area contributed by atoms with Gasteiger partial charge in [0.2, 0.25) is 10.0 Å². The van der Waals surface area contributed by atoms with Gasteiger partial charge in [-0.25, -0.2) is 13.1 Å². The Balaban J connectivity index is 2.96. The van der Waals surface area contributed by atoms with Crippen LogP contribution in [0.1, 0.15) is 52.8 Å². The first-order chi connectivity index (χ1) is 9.81. The van der Waals surface area contributed by atoms with Gasteiger partial charge in [-0.15, -0.1) is 0 Å². The van der Waals surface area contributed by atoms with Crippen molar-refractivity contribution >= 4 is 10.0 Å². The van der Waals surface area contributed by atoms with Gasteiger partial charge in [0.1, 0.15) is 0 Å². The Morgan fingerprint density at radius 1 is 1.24 bits per heavy atom. The van der Waals surface area contributed by atoms with E-state index >= 15 is 0 Å². The Bertz CT molecular complexity index is 535. The molecule has 0 amide bonds. The zero-order chi connectivity index (χ0) is 16.0. The standard InChI is InChI=1S/C15H29N3O2S/c1-6-13(5)9-17-21(19,20)15-8-14(10-16-7-2)18(11-15)12(3)4/h8,11-13,16-17H,6-7,9-10H2,1-5H3. The van der Waals surface area contributed by atoms with Crippen molar-refractivity contribution < 1.29 is 8.42 Å². The van der Waals surface area contributed by atoms with Gasteiger partial charge in [0.15, 0.2) is 0 Å². The Morgan fingerprint density at radius 2 is 1.90 bits per heavy atom. The van der Waals surface area contributed by atoms with Gasteiger partial charge in [-0.1, -0.05) is 27.2 Å². The van der Waals surface area contributed by atoms with Crippen LogP contribution in [-0.4, -0.2) is 26.1 Å². The minimum Gasteiger partial charge on any atom is -0.346 e. The maximum Gasteiger partial charge on any atom is 0.242 e. The third-order valence-corrected chi connectivity index (χ3v) is 5.04. The zero-order valence-corrected chi connectivity index (χ0v) is 14.6. The van der Waals surface area contributed by atoms with Gasteiger partial charge >= 0.3 is 0 Å². The molecule has 1 aromatic rings. The largest absolute Gasteiger partial charge is 0.346 e. The molecule has 0 aliphatic carbocycles. The highest BCUT2D eigenvalue weighted by Gasteiger charge is 2.19. The van der Waals surface area contributed by atoms with Gasteiger partial charge in [0.05, 0.1) is 4.90 Å². The van der Waals surface area contributed by atoms with E-state index in [0.29, 0.717) is 23.9 Å². The third kappa shape index (κ3) is 5.13. The third-order valence-electron chi connectivity index (χ3n) is 3.65. The van der Waals surface area contributed by atoms with Crippen LogP contribution in [0, 0.1) is 5.92 Å². The summed E-state index contributed by atoms with van der Waals surface area (Å²) in [4.78, 5) is 0.354. The maximum absolute atomic E-state index is 12.4. The predicted octanol–water partition coefficient (Wildman–Crippen LogP) is 2.50. The molecule has 5 nitrogen and oxygen atoms in total. The van der Waals surface area contributed by atoms with Crippen molar-refractivity contribution in [1.82, 2.24) is 14.6 Å². The van der Waals surface area contributed by atoms with E-state index < -0.39 is 10.0 Å². The highest BCUT2D eigenvalue weighted by molar-refractivity contribution is 7.89. The van der Waals surface area contributed by atoms with E-state index in [1.807, 2.05) is 18.4 Å². The number of hydrogen-bond acceptors (Lipinski definition) is 3. The van der Waals surface area contributed by atoms with Gasteiger partial charge in [-0.2, -0.15) is 0 Å². The van der Waals surface area contributed by atoms with E-state index in [-0.39, 0.29) is 6.04 Å². The number of nitrogens with zero attached hydrogens (tertiary/aromatic N) is 1. The summed E-state index contributed by atoms with van der Waals surface area (Å²) in [7, 11) is -3.42. The van der Waals surface area contributed by atoms with Crippen molar-refractivity contribution in [3.63, 3.8) is 0 Å². The van der Waals surface area contributed by atoms with Crippen molar-refractivity contribution in [1.29, 1.82) is 0 Å². The highest BCUT2D eigenvalue weighted by atomic mass is 32.2. The van der Waals surface area contributed by atoms with Gasteiger partial charge in [0, 0.05) is 31.0 Å². The molecule has 21 heavy (non-hydrogen) atoms. The van der Waals surface area contributed by atoms with Crippen LogP contribution in [0.5, 0.6) is 0 Å². The van der Waals surface area contributed by atoms with E-state index in [9.17, 15) is 8.42 Å². The van der Waals surface area contributed by atoms with Crippen LogP contribution in [0.3, 0.4) is 0 Å². The minimum atomic E-state index is -3.42. The summed E-state index contributed by atoms with van der Waals surface area (Å²) in [6, 6.07) is 2.00. The van der Waals surface area contributed by atoms with Crippen LogP contribution < -0.4 is 10.0 Å². The van der Waals surface area contributed by atoms with Crippen LogP contribution in [0.2, 0.25) is 0 Å². The monoisotopic (exact) mass is 315 g/mol. The van der Waals surface area contributed by atoms with Gasteiger partial charge in [-0.3, -0.25) is 0 Å². The summed E-state index contributed by atoms with van der Waals surface area (Å²) in [5.74, 6) is 0.341. The fraction of sp³-hybridized carbons (Fsp3) is 0.733. The molecule has 0 fully saturated rings. The molecule has 0 spiro atoms. The Kier molecular flexibility index (Phi) is 6.90. The van der Waals surface area contributed by atoms with Crippen molar-refractivity contribution in [2.45, 2.75) is 58.5 Å². The van der Waals surface area contributed by atoms with Gasteiger partial charge in [0.25, 0.3) is 0 Å². The Morgan fingerprint density at radius 3 is 2.43 bits per heavy atom. The highest BCUT2D eigenvalue weighted by Crippen LogP contribution is 2.19. The van der Waals surface area contributed by atoms with Crippen molar-refractivity contribution in [2.24, 2.45) is 5.92 Å². The van der Waals surface area contributed by atoms with E-state index in [2.05, 4.69) is 30.8 Å². The summed E-state index contributed by atoms with van der Waals surface area (Å²) >= 11 is 0. The van der Waals surface area contributed by atoms with Gasteiger partial charge < -0.3 is 9.88 Å². The maximum atomic E-state index is 12.4. The van der Waals surface area contributed by atoms with Crippen molar-refractivity contribution in [2.75, 3.05) is 13.1 Å². The predicted molar refractivity (Wildman–Crippen MR) is 86.8 cm³/mol. The summed E-state index contributed by atoms with van der Waals surface area (Å²) in [5, 5.41) is 3.25. The van der Waals surface area contributed by atoms with E-state index in [4.69, 9.17) is 0 Å². The molecule has 0 radical (unpaired) electrons. The van der Waals surface area contributed by atoms with Crippen LogP contribution in [0.25, 0.3) is 0 Å². The molecular formula is C15H29N3O2S. The second kappa shape index (κ2) is 7.96. The number of rotatable bonds is 9. The lowest BCUT2D eigenvalue weighted by atomic mass is 10.1. The minimum absolute atomic E-state index is 0.233. The molecule has 122 valence electrons. The molecule has 1 aromatic heterocycles. The number of aromatic nitrogens is 1. The molecule has 0 saturated carbocycles. The molecule has 0 aromatic carbocycles. The van der Waals surface area contributed by atoms with E-state index in [0.717, 1.165) is 18.7 Å². The normalized spacial score (nSPS) is 13.8. The first-order valence-corrected chi connectivity index (χ1v) is 9.21. The van der Waals surface area contributed by atoms with Crippen molar-refractivity contribution in [3.05, 3.63) is 18.0 Å². The molecule has 1 heterocycles. The summed E-state index contributed by atoms with van der Waals surface area (Å²) < 4.78 is 29.5. The molecule has 0 saturated heterocycles. The van der Waals surface area contributed by atoms with E-state index in [1.165, 1.54) is 0 Å². The molecule has 0 aliphatic rings. The fourth-order valence-electron chi connectivity index (χ4n) is 2.00. The van der Waals surface area contributed by atoms with Crippen molar-refractivity contribution in [3.8, 4) is 0 Å². The van der Waals surface area contributed by atoms with Gasteiger partial charge in [-0.05, 0) is 32.4 Å². The lowest BCUT2D eigenvalue weighted by molar-refractivity contribution is 0.527. The Hall–Kier alpha value is -0.850. The average molecular weight is 315 g/mol. The quantitative estimate of drug-likeness (QED) is 0.736. The number of nitrogens with one attached hydrogen (secondary N) is 2. The first kappa shape index (κ1) is 18.2. The van der Waals surface area contributed by atoms with E-state index in [1.54, 1.807) is 12.3 Å². The van der Waals surface area contributed by atoms with Crippen LogP contribution in [0.15, 0.2) is 17.2 Å². The van der Waals surface area contributed by atoms with Crippen LogP contribution >= 0.6 is 0 Å². The molecule has 1 atom stereocenters. The lowest BCUT2D eigenvalue weighted by Gasteiger charge is -2.12. The number of hydrogen-bond donors (Lipinski definition) is 2. The smallest absolute Gasteiger partial charge is 0.242 e. The Labute approximate surface area is 129 Å².